The highest BCUT2D eigenvalue weighted by molar-refractivity contribution is 6.03. The van der Waals surface area contributed by atoms with Crippen molar-refractivity contribution >= 4 is 17.6 Å². The highest BCUT2D eigenvalue weighted by Crippen LogP contribution is 2.12. The Balaban J connectivity index is 2.17. The summed E-state index contributed by atoms with van der Waals surface area (Å²) in [7, 11) is 0. The second-order valence-electron chi connectivity index (χ2n) is 4.21. The predicted octanol–water partition coefficient (Wildman–Crippen LogP) is 0.997. The molecule has 8 heteroatoms. The highest BCUT2D eigenvalue weighted by Gasteiger charge is 2.21. The Hall–Kier alpha value is -2.64. The lowest BCUT2D eigenvalue weighted by Crippen LogP contribution is -2.24. The Bertz CT molecular complexity index is 631. The van der Waals surface area contributed by atoms with Crippen LogP contribution in [0.5, 0.6) is 0 Å². The van der Waals surface area contributed by atoms with Crippen molar-refractivity contribution in [2.45, 2.75) is 26.4 Å². The summed E-state index contributed by atoms with van der Waals surface area (Å²) in [4.78, 5) is 23.1. The van der Waals surface area contributed by atoms with Gasteiger partial charge in [0.1, 0.15) is 11.7 Å². The van der Waals surface area contributed by atoms with Gasteiger partial charge in [0.25, 0.3) is 5.91 Å². The largest absolute Gasteiger partial charge is 0.480 e. The van der Waals surface area contributed by atoms with Crippen LogP contribution in [0.15, 0.2) is 24.7 Å². The number of rotatable bonds is 5. The molecule has 1 unspecified atom stereocenters. The first kappa shape index (κ1) is 13.8. The van der Waals surface area contributed by atoms with Crippen LogP contribution in [0.2, 0.25) is 0 Å². The van der Waals surface area contributed by atoms with Crippen LogP contribution in [0.4, 0.5) is 5.69 Å². The molecule has 8 nitrogen and oxygen atoms in total. The third-order valence-corrected chi connectivity index (χ3v) is 2.84. The van der Waals surface area contributed by atoms with E-state index >= 15 is 0 Å². The lowest BCUT2D eigenvalue weighted by atomic mass is 10.3. The summed E-state index contributed by atoms with van der Waals surface area (Å²) < 4.78 is 2.84. The van der Waals surface area contributed by atoms with Gasteiger partial charge in [-0.25, -0.2) is 9.48 Å². The first-order chi connectivity index (χ1) is 9.52. The molecule has 0 saturated heterocycles. The lowest BCUT2D eigenvalue weighted by molar-refractivity contribution is -0.140. The number of aromatic nitrogens is 4. The number of aryl methyl sites for hydroxylation is 1. The Morgan fingerprint density at radius 1 is 1.45 bits per heavy atom. The SMILES string of the molecule is CCn1cc(NC(=O)c2ccnn2C(C)C(=O)O)cn1. The molecule has 1 atom stereocenters. The van der Waals surface area contributed by atoms with Crippen LogP contribution < -0.4 is 5.32 Å². The third-order valence-electron chi connectivity index (χ3n) is 2.84. The van der Waals surface area contributed by atoms with Gasteiger partial charge in [0.2, 0.25) is 0 Å². The van der Waals surface area contributed by atoms with Crippen molar-refractivity contribution in [3.8, 4) is 0 Å². The van der Waals surface area contributed by atoms with Gasteiger partial charge < -0.3 is 10.4 Å². The molecule has 0 aromatic carbocycles. The van der Waals surface area contributed by atoms with E-state index in [1.165, 1.54) is 30.1 Å². The monoisotopic (exact) mass is 277 g/mol. The van der Waals surface area contributed by atoms with Crippen LogP contribution in [-0.4, -0.2) is 36.5 Å². The number of hydrogen-bond donors (Lipinski definition) is 2. The predicted molar refractivity (Wildman–Crippen MR) is 70.4 cm³/mol. The van der Waals surface area contributed by atoms with Gasteiger partial charge in [0, 0.05) is 18.9 Å². The number of carboxylic acids is 1. The zero-order chi connectivity index (χ0) is 14.7. The van der Waals surface area contributed by atoms with Gasteiger partial charge in [0.15, 0.2) is 0 Å². The van der Waals surface area contributed by atoms with E-state index in [0.29, 0.717) is 12.2 Å². The van der Waals surface area contributed by atoms with Gasteiger partial charge in [0.05, 0.1) is 11.9 Å². The summed E-state index contributed by atoms with van der Waals surface area (Å²) in [5.41, 5.74) is 0.733. The number of carbonyl (C=O) groups is 2. The molecule has 2 rings (SSSR count). The summed E-state index contributed by atoms with van der Waals surface area (Å²) in [6, 6.07) is 0.558. The molecule has 2 heterocycles. The fourth-order valence-electron chi connectivity index (χ4n) is 1.70. The summed E-state index contributed by atoms with van der Waals surface area (Å²) in [5.74, 6) is -1.48. The molecule has 0 aliphatic rings. The molecule has 0 fully saturated rings. The van der Waals surface area contributed by atoms with Crippen molar-refractivity contribution in [3.63, 3.8) is 0 Å². The Morgan fingerprint density at radius 3 is 2.80 bits per heavy atom. The minimum Gasteiger partial charge on any atom is -0.480 e. The zero-order valence-corrected chi connectivity index (χ0v) is 11.1. The number of hydrogen-bond acceptors (Lipinski definition) is 4. The molecule has 2 N–H and O–H groups in total. The third kappa shape index (κ3) is 2.68. The maximum Gasteiger partial charge on any atom is 0.328 e. The van der Waals surface area contributed by atoms with E-state index in [2.05, 4.69) is 15.5 Å². The average molecular weight is 277 g/mol. The van der Waals surface area contributed by atoms with Gasteiger partial charge in [-0.2, -0.15) is 10.2 Å². The van der Waals surface area contributed by atoms with Gasteiger partial charge in [-0.3, -0.25) is 9.48 Å². The van der Waals surface area contributed by atoms with Gasteiger partial charge >= 0.3 is 5.97 Å². The number of anilines is 1. The van der Waals surface area contributed by atoms with Crippen molar-refractivity contribution in [1.82, 2.24) is 19.6 Å². The maximum absolute atomic E-state index is 12.1. The number of nitrogens with one attached hydrogen (secondary N) is 1. The summed E-state index contributed by atoms with van der Waals surface area (Å²) in [6.07, 6.45) is 4.62. The molecule has 2 aromatic rings. The fourth-order valence-corrected chi connectivity index (χ4v) is 1.70. The minimum absolute atomic E-state index is 0.184. The molecule has 0 radical (unpaired) electrons. The molecule has 0 aliphatic carbocycles. The fraction of sp³-hybridized carbons (Fsp3) is 0.333. The summed E-state index contributed by atoms with van der Waals surface area (Å²) in [6.45, 7) is 4.09. The Labute approximate surface area is 115 Å². The van der Waals surface area contributed by atoms with Crippen molar-refractivity contribution in [3.05, 3.63) is 30.4 Å². The maximum atomic E-state index is 12.1. The number of carboxylic acid groups (broad SMARTS) is 1. The first-order valence-electron chi connectivity index (χ1n) is 6.13. The Morgan fingerprint density at radius 2 is 2.20 bits per heavy atom. The minimum atomic E-state index is -1.05. The van der Waals surface area contributed by atoms with Crippen molar-refractivity contribution in [1.29, 1.82) is 0 Å². The zero-order valence-electron chi connectivity index (χ0n) is 11.1. The number of nitrogens with zero attached hydrogens (tertiary/aromatic N) is 4. The lowest BCUT2D eigenvalue weighted by Gasteiger charge is -2.10. The van der Waals surface area contributed by atoms with Crippen LogP contribution in [0, 0.1) is 0 Å². The standard InChI is InChI=1S/C12H15N5O3/c1-3-16-7-9(6-14-16)15-11(18)10-4-5-13-17(10)8(2)12(19)20/h4-8H,3H2,1-2H3,(H,15,18)(H,19,20). The normalized spacial score (nSPS) is 12.1. The van der Waals surface area contributed by atoms with Gasteiger partial charge in [-0.15, -0.1) is 0 Å². The van der Waals surface area contributed by atoms with Crippen molar-refractivity contribution < 1.29 is 14.7 Å². The van der Waals surface area contributed by atoms with E-state index in [-0.39, 0.29) is 5.69 Å². The molecule has 0 bridgehead atoms. The summed E-state index contributed by atoms with van der Waals surface area (Å²) in [5, 5.41) is 19.6. The van der Waals surface area contributed by atoms with Crippen LogP contribution >= 0.6 is 0 Å². The van der Waals surface area contributed by atoms with E-state index in [9.17, 15) is 9.59 Å². The van der Waals surface area contributed by atoms with Crippen LogP contribution in [0.1, 0.15) is 30.4 Å². The van der Waals surface area contributed by atoms with E-state index < -0.39 is 17.9 Å². The van der Waals surface area contributed by atoms with Crippen molar-refractivity contribution in [2.75, 3.05) is 5.32 Å². The second kappa shape index (κ2) is 5.55. The van der Waals surface area contributed by atoms with E-state index in [4.69, 9.17) is 5.11 Å². The highest BCUT2D eigenvalue weighted by atomic mass is 16.4. The molecule has 20 heavy (non-hydrogen) atoms. The smallest absolute Gasteiger partial charge is 0.328 e. The molecular formula is C12H15N5O3. The van der Waals surface area contributed by atoms with Crippen LogP contribution in [-0.2, 0) is 11.3 Å². The molecule has 0 saturated carbocycles. The van der Waals surface area contributed by atoms with Crippen molar-refractivity contribution in [2.24, 2.45) is 0 Å². The van der Waals surface area contributed by atoms with Crippen LogP contribution in [0.25, 0.3) is 0 Å². The number of aliphatic carboxylic acids is 1. The average Bonchev–Trinajstić information content (AvgIpc) is 3.05. The summed E-state index contributed by atoms with van der Waals surface area (Å²) >= 11 is 0. The first-order valence-corrected chi connectivity index (χ1v) is 6.13. The van der Waals surface area contributed by atoms with Crippen LogP contribution in [0.3, 0.4) is 0 Å². The van der Waals surface area contributed by atoms with E-state index in [1.54, 1.807) is 10.9 Å². The molecular weight excluding hydrogens is 262 g/mol. The van der Waals surface area contributed by atoms with E-state index in [1.807, 2.05) is 6.92 Å². The molecule has 0 aliphatic heterocycles. The quantitative estimate of drug-likeness (QED) is 0.848. The van der Waals surface area contributed by atoms with Gasteiger partial charge in [-0.1, -0.05) is 0 Å². The molecule has 0 spiro atoms. The second-order valence-corrected chi connectivity index (χ2v) is 4.21. The van der Waals surface area contributed by atoms with E-state index in [0.717, 1.165) is 0 Å². The number of carbonyl (C=O) groups excluding carboxylic acids is 1. The topological polar surface area (TPSA) is 102 Å². The molecule has 2 aromatic heterocycles. The van der Waals surface area contributed by atoms with Gasteiger partial charge in [-0.05, 0) is 19.9 Å². The molecule has 1 amide bonds. The number of amides is 1. The Kier molecular flexibility index (Phi) is 3.83. The molecule has 106 valence electrons.